The van der Waals surface area contributed by atoms with Gasteiger partial charge in [0.05, 0.1) is 6.10 Å². The van der Waals surface area contributed by atoms with Crippen LogP contribution in [0.5, 0.6) is 0 Å². The highest BCUT2D eigenvalue weighted by Crippen LogP contribution is 2.37. The van der Waals surface area contributed by atoms with Crippen LogP contribution in [0.25, 0.3) is 0 Å². The Bertz CT molecular complexity index is 280. The van der Waals surface area contributed by atoms with Crippen molar-refractivity contribution in [1.82, 2.24) is 4.90 Å². The lowest BCUT2D eigenvalue weighted by Crippen LogP contribution is -2.45. The topological polar surface area (TPSA) is 12.5 Å². The lowest BCUT2D eigenvalue weighted by atomic mass is 9.82. The van der Waals surface area contributed by atoms with Gasteiger partial charge in [0, 0.05) is 23.6 Å². The maximum absolute atomic E-state index is 5.87. The molecule has 0 saturated heterocycles. The van der Waals surface area contributed by atoms with Crippen LogP contribution in [0.2, 0.25) is 0 Å². The van der Waals surface area contributed by atoms with Crippen molar-refractivity contribution in [3.8, 4) is 0 Å². The predicted molar refractivity (Wildman–Crippen MR) is 92.9 cm³/mol. The molecule has 5 radical (unpaired) electrons. The lowest BCUT2D eigenvalue weighted by molar-refractivity contribution is -0.0178. The summed E-state index contributed by atoms with van der Waals surface area (Å²) in [5.74, 6) is 2.15. The summed E-state index contributed by atoms with van der Waals surface area (Å²) < 4.78 is 7.20. The Labute approximate surface area is 139 Å². The van der Waals surface area contributed by atoms with E-state index in [0.717, 1.165) is 12.5 Å². The molecule has 2 aliphatic rings. The molecular formula is C17H27INO. The molecule has 0 N–H and O–H groups in total. The van der Waals surface area contributed by atoms with Crippen molar-refractivity contribution >= 4 is 22.6 Å². The van der Waals surface area contributed by atoms with Crippen molar-refractivity contribution in [3.05, 3.63) is 29.1 Å². The molecule has 2 saturated carbocycles. The Hall–Kier alpha value is 0.650. The molecule has 2 nitrogen and oxygen atoms in total. The van der Waals surface area contributed by atoms with Gasteiger partial charge >= 0.3 is 0 Å². The maximum Gasteiger partial charge on any atom is 0.0751 e. The molecule has 0 amide bonds. The molecule has 0 unspecified atom stereocenters. The van der Waals surface area contributed by atoms with Gasteiger partial charge < -0.3 is 9.64 Å². The zero-order valence-electron chi connectivity index (χ0n) is 12.9. The van der Waals surface area contributed by atoms with Crippen LogP contribution in [-0.4, -0.2) is 37.7 Å². The molecule has 2 aliphatic carbocycles. The Morgan fingerprint density at radius 2 is 2.00 bits per heavy atom. The number of hydrogen-bond donors (Lipinski definition) is 0. The van der Waals surface area contributed by atoms with E-state index in [-0.39, 0.29) is 0 Å². The van der Waals surface area contributed by atoms with E-state index in [1.807, 2.05) is 7.11 Å². The van der Waals surface area contributed by atoms with Crippen molar-refractivity contribution in [3.63, 3.8) is 0 Å². The van der Waals surface area contributed by atoms with Crippen molar-refractivity contribution in [1.29, 1.82) is 0 Å². The van der Waals surface area contributed by atoms with Crippen molar-refractivity contribution < 1.29 is 4.74 Å². The number of hydrogen-bond acceptors (Lipinski definition) is 2. The van der Waals surface area contributed by atoms with E-state index in [4.69, 9.17) is 4.74 Å². The van der Waals surface area contributed by atoms with Crippen molar-refractivity contribution in [2.24, 2.45) is 5.92 Å². The minimum atomic E-state index is 0.370. The maximum atomic E-state index is 5.87. The van der Waals surface area contributed by atoms with Crippen molar-refractivity contribution in [2.45, 2.75) is 51.2 Å². The number of likely N-dealkylation sites (N-methyl/N-ethyl adjacent to an activating group) is 1. The summed E-state index contributed by atoms with van der Waals surface area (Å²) in [5, 5.41) is 0. The first kappa shape index (κ1) is 17.0. The van der Waals surface area contributed by atoms with Crippen LogP contribution >= 0.6 is 22.6 Å². The number of halogens is 1. The van der Waals surface area contributed by atoms with E-state index in [0.29, 0.717) is 12.1 Å². The third kappa shape index (κ3) is 4.57. The molecule has 20 heavy (non-hydrogen) atoms. The van der Waals surface area contributed by atoms with E-state index in [1.54, 1.807) is 0 Å². The summed E-state index contributed by atoms with van der Waals surface area (Å²) in [6.07, 6.45) is 13.9. The molecule has 0 bridgehead atoms. The van der Waals surface area contributed by atoms with E-state index < -0.39 is 0 Å². The summed E-state index contributed by atoms with van der Waals surface area (Å²) >= 11 is 2.38. The monoisotopic (exact) mass is 388 g/mol. The molecule has 0 spiro atoms. The molecule has 0 heterocycles. The lowest BCUT2D eigenvalue weighted by Gasteiger charge is -2.38. The standard InChI is InChI=1S/C17H27INO/c1-13(17(20-3)15-7-5-4-6-8-15)19(2)12-14-9-10-16(18)11-14/h9-11,13,15,17H,4-8,12H2,1-3H3/t13-,17+/m0/s1. The molecule has 0 aromatic heterocycles. The molecule has 0 aliphatic heterocycles. The van der Waals surface area contributed by atoms with Gasteiger partial charge in [0.25, 0.3) is 0 Å². The largest absolute Gasteiger partial charge is 0.380 e. The van der Waals surface area contributed by atoms with Gasteiger partial charge in [0.2, 0.25) is 0 Å². The molecule has 113 valence electrons. The molecule has 0 aromatic rings. The highest BCUT2D eigenvalue weighted by atomic mass is 127. The fourth-order valence-electron chi connectivity index (χ4n) is 3.49. The third-order valence-corrected chi connectivity index (χ3v) is 5.44. The van der Waals surface area contributed by atoms with Gasteiger partial charge in [-0.25, -0.2) is 0 Å². The quantitative estimate of drug-likeness (QED) is 0.636. The predicted octanol–water partition coefficient (Wildman–Crippen LogP) is 4.07. The van der Waals surface area contributed by atoms with Gasteiger partial charge in [-0.3, -0.25) is 0 Å². The second-order valence-electron chi connectivity index (χ2n) is 6.19. The van der Waals surface area contributed by atoms with Crippen LogP contribution in [0.3, 0.4) is 0 Å². The first-order valence-corrected chi connectivity index (χ1v) is 8.84. The van der Waals surface area contributed by atoms with Gasteiger partial charge in [-0.2, -0.15) is 0 Å². The van der Waals surface area contributed by atoms with Crippen molar-refractivity contribution in [2.75, 3.05) is 20.7 Å². The number of ether oxygens (including phenoxy) is 1. The second kappa shape index (κ2) is 8.33. The molecular weight excluding hydrogens is 361 g/mol. The Kier molecular flexibility index (Phi) is 7.08. The minimum Gasteiger partial charge on any atom is -0.380 e. The number of rotatable bonds is 6. The van der Waals surface area contributed by atoms with Gasteiger partial charge in [-0.05, 0) is 57.9 Å². The summed E-state index contributed by atoms with van der Waals surface area (Å²) in [6, 6.07) is 0.468. The Morgan fingerprint density at radius 1 is 1.30 bits per heavy atom. The summed E-state index contributed by atoms with van der Waals surface area (Å²) in [6.45, 7) is 3.33. The normalized spacial score (nSPS) is 26.2. The van der Waals surface area contributed by atoms with Gasteiger partial charge in [0.15, 0.2) is 0 Å². The van der Waals surface area contributed by atoms with E-state index in [1.165, 1.54) is 41.9 Å². The smallest absolute Gasteiger partial charge is 0.0751 e. The zero-order chi connectivity index (χ0) is 14.5. The van der Waals surface area contributed by atoms with E-state index in [2.05, 4.69) is 60.7 Å². The summed E-state index contributed by atoms with van der Waals surface area (Å²) in [7, 11) is 4.11. The first-order chi connectivity index (χ1) is 9.61. The number of methoxy groups -OCH3 is 1. The zero-order valence-corrected chi connectivity index (χ0v) is 15.1. The van der Waals surface area contributed by atoms with Crippen LogP contribution in [0.4, 0.5) is 0 Å². The average Bonchev–Trinajstić information content (AvgIpc) is 2.86. The highest BCUT2D eigenvalue weighted by molar-refractivity contribution is 14.1. The summed E-state index contributed by atoms with van der Waals surface area (Å²) in [4.78, 5) is 2.44. The SMILES string of the molecule is CO[C@@H](C1CCCCC1)[C@H](C)N(C)C[C]1[CH][CH][C](I)[CH]1. The van der Waals surface area contributed by atoms with Crippen LogP contribution in [-0.2, 0) is 4.74 Å². The fraction of sp³-hybridized carbons (Fsp3) is 0.706. The van der Waals surface area contributed by atoms with E-state index >= 15 is 0 Å². The first-order valence-electron chi connectivity index (χ1n) is 7.76. The molecule has 2 fully saturated rings. The fourth-order valence-corrected chi connectivity index (χ4v) is 4.07. The summed E-state index contributed by atoms with van der Waals surface area (Å²) in [5.41, 5.74) is 0. The molecule has 2 atom stereocenters. The van der Waals surface area contributed by atoms with Gasteiger partial charge in [-0.15, -0.1) is 0 Å². The number of nitrogens with zero attached hydrogens (tertiary/aromatic N) is 1. The van der Waals surface area contributed by atoms with Crippen LogP contribution < -0.4 is 0 Å². The van der Waals surface area contributed by atoms with Gasteiger partial charge in [0.1, 0.15) is 0 Å². The minimum absolute atomic E-state index is 0.370. The average molecular weight is 388 g/mol. The second-order valence-corrected chi connectivity index (χ2v) is 7.44. The Morgan fingerprint density at radius 3 is 2.55 bits per heavy atom. The van der Waals surface area contributed by atoms with Crippen LogP contribution in [0, 0.1) is 35.0 Å². The van der Waals surface area contributed by atoms with Crippen LogP contribution in [0.1, 0.15) is 39.0 Å². The third-order valence-electron chi connectivity index (χ3n) is 4.77. The van der Waals surface area contributed by atoms with Gasteiger partial charge in [-0.1, -0.05) is 41.9 Å². The molecule has 2 rings (SSSR count). The molecule has 0 aromatic carbocycles. The Balaban J connectivity index is 1.84. The van der Waals surface area contributed by atoms with Crippen LogP contribution in [0.15, 0.2) is 0 Å². The van der Waals surface area contributed by atoms with E-state index in [9.17, 15) is 0 Å². The highest BCUT2D eigenvalue weighted by Gasteiger charge is 2.32. The molecule has 3 heteroatoms.